The van der Waals surface area contributed by atoms with Gasteiger partial charge in [0.2, 0.25) is 11.8 Å². The molecule has 400 valence electrons. The van der Waals surface area contributed by atoms with Crippen LogP contribution in [0.1, 0.15) is 98.3 Å². The van der Waals surface area contributed by atoms with Crippen molar-refractivity contribution in [2.45, 2.75) is 115 Å². The van der Waals surface area contributed by atoms with Crippen molar-refractivity contribution in [1.82, 2.24) is 30.6 Å². The first kappa shape index (κ1) is 57.2. The van der Waals surface area contributed by atoms with Crippen molar-refractivity contribution in [3.05, 3.63) is 156 Å². The Morgan fingerprint density at radius 2 is 0.947 bits per heavy atom. The highest BCUT2D eigenvalue weighted by molar-refractivity contribution is 5.95. The molecule has 0 saturated carbocycles. The van der Waals surface area contributed by atoms with Gasteiger partial charge >= 0.3 is 11.9 Å². The number of hydrogen-bond donors (Lipinski definition) is 6. The van der Waals surface area contributed by atoms with E-state index < -0.39 is 94.5 Å². The van der Waals surface area contributed by atoms with Gasteiger partial charge < -0.3 is 41.8 Å². The van der Waals surface area contributed by atoms with E-state index in [2.05, 4.69) is 30.6 Å². The van der Waals surface area contributed by atoms with Crippen LogP contribution in [0, 0.1) is 23.5 Å². The third kappa shape index (κ3) is 17.8. The van der Waals surface area contributed by atoms with E-state index in [1.54, 1.807) is 60.7 Å². The topological polar surface area (TPSA) is 289 Å². The number of amides is 4. The van der Waals surface area contributed by atoms with Crippen LogP contribution >= 0.6 is 0 Å². The molecule has 4 amide bonds. The first-order chi connectivity index (χ1) is 36.0. The number of nitrogens with one attached hydrogen (secondary N) is 2. The van der Waals surface area contributed by atoms with E-state index in [1.165, 1.54) is 76.5 Å². The summed E-state index contributed by atoms with van der Waals surface area (Å²) in [6.07, 6.45) is 0.382. The molecule has 18 nitrogen and oxygen atoms in total. The highest BCUT2D eigenvalue weighted by atomic mass is 19.1. The molecule has 0 aliphatic carbocycles. The Labute approximate surface area is 437 Å². The van der Waals surface area contributed by atoms with E-state index in [-0.39, 0.29) is 62.8 Å². The SMILES string of the molecule is CC(C)(O)CC[C@H](C[C@@H](OC(=O)C=CC(=O)O[C@H](C[C@@H](CCC(C)(C)O)C(N)=O)[C@H](Cc1cccc(F)c1)NC(=O)c1cnc2ccccc2n1)[C@H](Cc1cccc(F)c1)NC(=O)c1cnc2ccccc2n1)C(N)=O. The molecule has 2 heterocycles. The van der Waals surface area contributed by atoms with Crippen LogP contribution in [-0.4, -0.2) is 101 Å². The Balaban J connectivity index is 1.33. The summed E-state index contributed by atoms with van der Waals surface area (Å²) in [5, 5.41) is 26.8. The lowest BCUT2D eigenvalue weighted by Gasteiger charge is -2.31. The van der Waals surface area contributed by atoms with Crippen LogP contribution in [0.2, 0.25) is 0 Å². The fraction of sp³-hybridized carbons (Fsp3) is 0.357. The molecule has 0 fully saturated rings. The predicted molar refractivity (Wildman–Crippen MR) is 276 cm³/mol. The van der Waals surface area contributed by atoms with E-state index in [0.29, 0.717) is 33.2 Å². The summed E-state index contributed by atoms with van der Waals surface area (Å²) in [6.45, 7) is 6.15. The van der Waals surface area contributed by atoms with Gasteiger partial charge in [-0.1, -0.05) is 48.5 Å². The zero-order valence-electron chi connectivity index (χ0n) is 42.5. The number of fused-ring (bicyclic) bond motifs is 2. The number of halogens is 2. The van der Waals surface area contributed by atoms with E-state index in [1.807, 2.05) is 0 Å². The van der Waals surface area contributed by atoms with Gasteiger partial charge in [0.25, 0.3) is 11.8 Å². The van der Waals surface area contributed by atoms with Gasteiger partial charge in [-0.15, -0.1) is 0 Å². The minimum Gasteiger partial charge on any atom is -0.457 e. The van der Waals surface area contributed by atoms with Gasteiger partial charge in [-0.25, -0.2) is 28.3 Å². The van der Waals surface area contributed by atoms with Crippen LogP contribution in [0.25, 0.3) is 22.1 Å². The van der Waals surface area contributed by atoms with Crippen LogP contribution < -0.4 is 22.1 Å². The normalized spacial score (nSPS) is 14.3. The largest absolute Gasteiger partial charge is 0.457 e. The van der Waals surface area contributed by atoms with Crippen molar-refractivity contribution in [2.75, 3.05) is 0 Å². The number of aromatic nitrogens is 4. The van der Waals surface area contributed by atoms with Gasteiger partial charge in [0.05, 0.1) is 57.7 Å². The molecule has 8 N–H and O–H groups in total. The molecule has 0 spiro atoms. The highest BCUT2D eigenvalue weighted by Gasteiger charge is 2.35. The maximum atomic E-state index is 14.7. The number of nitrogens with two attached hydrogens (primary N) is 2. The van der Waals surface area contributed by atoms with Gasteiger partial charge in [-0.05, 0) is 139 Å². The third-order valence-electron chi connectivity index (χ3n) is 12.5. The Morgan fingerprint density at radius 3 is 1.29 bits per heavy atom. The van der Waals surface area contributed by atoms with Crippen molar-refractivity contribution in [2.24, 2.45) is 23.3 Å². The number of primary amides is 2. The lowest BCUT2D eigenvalue weighted by Crippen LogP contribution is -2.48. The van der Waals surface area contributed by atoms with Gasteiger partial charge in [0, 0.05) is 24.0 Å². The van der Waals surface area contributed by atoms with Gasteiger partial charge in [0.1, 0.15) is 35.2 Å². The van der Waals surface area contributed by atoms with Crippen LogP contribution in [0.4, 0.5) is 8.78 Å². The summed E-state index contributed by atoms with van der Waals surface area (Å²) in [6, 6.07) is 22.1. The monoisotopic (exact) mass is 1040 g/mol. The molecular formula is C56H62F2N8O10. The van der Waals surface area contributed by atoms with Crippen molar-refractivity contribution in [1.29, 1.82) is 0 Å². The van der Waals surface area contributed by atoms with E-state index >= 15 is 0 Å². The Hall–Kier alpha value is -8.10. The molecule has 0 aliphatic rings. The lowest BCUT2D eigenvalue weighted by atomic mass is 9.87. The standard InChI is InChI=1S/C56H62F2N8O10/c1-55(2,73)23-21-35(51(59)69)29-47(43(27-33-11-9-13-37(57)25-33)65-53(71)45-31-61-39-15-5-7-17-41(39)63-45)75-49(67)19-20-50(68)76-48(30-36(52(60)70)22-24-56(3,4)74)44(28-34-12-10-14-38(58)26-34)66-54(72)46-32-62-40-16-6-8-18-42(40)64-46/h5-20,25-26,31-32,35-36,43-44,47-48,73-74H,21-24,27-30H2,1-4H3,(H2,59,69)(H2,60,70)(H,65,71)(H,66,72)/t35-,36-,43+,44+,47-,48-/m1/s1. The molecular weight excluding hydrogens is 983 g/mol. The van der Waals surface area contributed by atoms with Crippen LogP contribution in [-0.2, 0) is 41.5 Å². The maximum absolute atomic E-state index is 14.7. The number of aliphatic hydroxyl groups is 2. The maximum Gasteiger partial charge on any atom is 0.331 e. The summed E-state index contributed by atoms with van der Waals surface area (Å²) in [5.41, 5.74) is 11.6. The minimum atomic E-state index is -1.42. The highest BCUT2D eigenvalue weighted by Crippen LogP contribution is 2.27. The number of esters is 2. The Bertz CT molecular complexity index is 2870. The summed E-state index contributed by atoms with van der Waals surface area (Å²) in [4.78, 5) is 99.6. The second-order valence-electron chi connectivity index (χ2n) is 20.0. The van der Waals surface area contributed by atoms with Crippen LogP contribution in [0.15, 0.2) is 122 Å². The van der Waals surface area contributed by atoms with Gasteiger partial charge in [-0.3, -0.25) is 29.1 Å². The summed E-state index contributed by atoms with van der Waals surface area (Å²) >= 11 is 0. The fourth-order valence-corrected chi connectivity index (χ4v) is 8.47. The Morgan fingerprint density at radius 1 is 0.579 bits per heavy atom. The molecule has 6 aromatic rings. The number of hydrogen-bond acceptors (Lipinski definition) is 14. The van der Waals surface area contributed by atoms with Crippen molar-refractivity contribution in [3.63, 3.8) is 0 Å². The number of nitrogens with zero attached hydrogens (tertiary/aromatic N) is 4. The minimum absolute atomic E-state index is 0.0239. The molecule has 0 saturated heterocycles. The molecule has 76 heavy (non-hydrogen) atoms. The van der Waals surface area contributed by atoms with Crippen LogP contribution in [0.5, 0.6) is 0 Å². The van der Waals surface area contributed by atoms with Crippen molar-refractivity contribution >= 4 is 57.6 Å². The molecule has 0 aliphatic heterocycles. The van der Waals surface area contributed by atoms with Crippen molar-refractivity contribution in [3.8, 4) is 0 Å². The first-order valence-electron chi connectivity index (χ1n) is 24.7. The molecule has 6 atom stereocenters. The van der Waals surface area contributed by atoms with Crippen molar-refractivity contribution < 1.29 is 57.2 Å². The molecule has 0 bridgehead atoms. The first-order valence-corrected chi connectivity index (χ1v) is 24.7. The molecule has 6 rings (SSSR count). The number of benzene rings is 4. The smallest absolute Gasteiger partial charge is 0.331 e. The van der Waals surface area contributed by atoms with Gasteiger partial charge in [0.15, 0.2) is 0 Å². The third-order valence-corrected chi connectivity index (χ3v) is 12.5. The van der Waals surface area contributed by atoms with E-state index in [0.717, 1.165) is 12.2 Å². The molecule has 2 aromatic heterocycles. The molecule has 20 heteroatoms. The lowest BCUT2D eigenvalue weighted by molar-refractivity contribution is -0.149. The summed E-state index contributed by atoms with van der Waals surface area (Å²) in [5.74, 6) is -8.79. The molecule has 0 unspecified atom stereocenters. The summed E-state index contributed by atoms with van der Waals surface area (Å²) < 4.78 is 41.3. The average Bonchev–Trinajstić information content (AvgIpc) is 3.36. The van der Waals surface area contributed by atoms with Gasteiger partial charge in [-0.2, -0.15) is 0 Å². The van der Waals surface area contributed by atoms with E-state index in [9.17, 15) is 47.8 Å². The fourth-order valence-electron chi connectivity index (χ4n) is 8.47. The Kier molecular flexibility index (Phi) is 19.5. The number of carbonyl (C=O) groups excluding carboxylic acids is 6. The quantitative estimate of drug-likeness (QED) is 0.0281. The van der Waals surface area contributed by atoms with E-state index in [4.69, 9.17) is 20.9 Å². The molecule has 0 radical (unpaired) electrons. The zero-order chi connectivity index (χ0) is 55.2. The second-order valence-corrected chi connectivity index (χ2v) is 20.0. The summed E-state index contributed by atoms with van der Waals surface area (Å²) in [7, 11) is 0. The number of carbonyl (C=O) groups is 6. The average molecular weight is 1050 g/mol. The number of rotatable bonds is 26. The van der Waals surface area contributed by atoms with Crippen LogP contribution in [0.3, 0.4) is 0 Å². The molecule has 4 aromatic carbocycles. The number of ether oxygens (including phenoxy) is 2. The predicted octanol–water partition coefficient (Wildman–Crippen LogP) is 5.70. The zero-order valence-corrected chi connectivity index (χ0v) is 42.5. The second kappa shape index (κ2) is 25.9. The number of para-hydroxylation sites is 4.